The van der Waals surface area contributed by atoms with E-state index in [1.54, 1.807) is 25.4 Å². The summed E-state index contributed by atoms with van der Waals surface area (Å²) in [6.45, 7) is 2.42. The zero-order valence-corrected chi connectivity index (χ0v) is 16.5. The van der Waals surface area contributed by atoms with E-state index in [2.05, 4.69) is 20.1 Å². The number of aryl methyl sites for hydroxylation is 1. The monoisotopic (exact) mass is 397 g/mol. The fraction of sp³-hybridized carbons (Fsp3) is 0.316. The molecule has 1 amide bonds. The fourth-order valence-corrected chi connectivity index (χ4v) is 3.54. The maximum atomic E-state index is 12.3. The number of rotatable bonds is 4. The molecular weight excluding hydrogens is 378 g/mol. The second-order valence-electron chi connectivity index (χ2n) is 6.76. The summed E-state index contributed by atoms with van der Waals surface area (Å²) in [5.41, 5.74) is 1.73. The Morgan fingerprint density at radius 2 is 1.93 bits per heavy atom. The van der Waals surface area contributed by atoms with Gasteiger partial charge in [0, 0.05) is 32.3 Å². The Morgan fingerprint density at radius 3 is 2.61 bits per heavy atom. The van der Waals surface area contributed by atoms with Crippen LogP contribution in [0.1, 0.15) is 17.7 Å². The number of amides is 1. The molecule has 1 N–H and O–H groups in total. The first-order valence-electron chi connectivity index (χ1n) is 8.72. The molecule has 4 heterocycles. The van der Waals surface area contributed by atoms with Crippen LogP contribution in [0, 0.1) is 6.92 Å². The normalized spacial score (nSPS) is 19.4. The van der Waals surface area contributed by atoms with Gasteiger partial charge >= 0.3 is 0 Å². The summed E-state index contributed by atoms with van der Waals surface area (Å²) in [6, 6.07) is 7.18. The quantitative estimate of drug-likeness (QED) is 0.528. The molecule has 0 aromatic carbocycles. The molecule has 0 bridgehead atoms. The van der Waals surface area contributed by atoms with Crippen LogP contribution in [-0.2, 0) is 10.4 Å². The minimum Gasteiger partial charge on any atom is -0.373 e. The van der Waals surface area contributed by atoms with E-state index >= 15 is 0 Å². The lowest BCUT2D eigenvalue weighted by molar-refractivity contribution is -0.144. The predicted molar refractivity (Wildman–Crippen MR) is 103 cm³/mol. The lowest BCUT2D eigenvalue weighted by Gasteiger charge is -2.16. The summed E-state index contributed by atoms with van der Waals surface area (Å²) in [4.78, 5) is 27.1. The molecule has 144 valence electrons. The molecule has 0 radical (unpaired) electrons. The van der Waals surface area contributed by atoms with Crippen LogP contribution >= 0.6 is 11.8 Å². The minimum absolute atomic E-state index is 0.133. The number of nitrogens with zero attached hydrogens (tertiary/aromatic N) is 5. The van der Waals surface area contributed by atoms with Gasteiger partial charge in [-0.1, -0.05) is 16.9 Å². The average Bonchev–Trinajstić information content (AvgIpc) is 3.30. The number of aliphatic hydroxyl groups is 1. The van der Waals surface area contributed by atoms with Gasteiger partial charge in [0.15, 0.2) is 10.9 Å². The first-order chi connectivity index (χ1) is 13.4. The van der Waals surface area contributed by atoms with Crippen LogP contribution in [-0.4, -0.2) is 55.9 Å². The summed E-state index contributed by atoms with van der Waals surface area (Å²) in [5.74, 6) is -0.257. The van der Waals surface area contributed by atoms with Crippen molar-refractivity contribution in [1.82, 2.24) is 25.0 Å². The van der Waals surface area contributed by atoms with Crippen LogP contribution in [0.25, 0.3) is 22.8 Å². The smallest absolute Gasteiger partial charge is 0.262 e. The van der Waals surface area contributed by atoms with E-state index in [-0.39, 0.29) is 12.2 Å². The minimum atomic E-state index is -1.67. The molecule has 3 aromatic heterocycles. The maximum Gasteiger partial charge on any atom is 0.262 e. The van der Waals surface area contributed by atoms with Crippen molar-refractivity contribution in [2.24, 2.45) is 0 Å². The first kappa shape index (κ1) is 18.6. The van der Waals surface area contributed by atoms with Gasteiger partial charge in [-0.05, 0) is 36.9 Å². The summed E-state index contributed by atoms with van der Waals surface area (Å²) in [6.07, 6.45) is 3.88. The standard InChI is InChI=1S/C19H19N5O3S/c1-11-8-13(12-4-6-20-18(22-12)28-3)21-14(9-11)15-10-16(27-23-15)19(26)5-7-24(2)17(19)25/h4,6,8-10,26H,5,7H2,1-3H3. The number of hydrogen-bond acceptors (Lipinski definition) is 8. The number of carbonyl (C=O) groups is 1. The molecule has 1 atom stereocenters. The fourth-order valence-electron chi connectivity index (χ4n) is 3.18. The number of likely N-dealkylation sites (N-methyl/N-ethyl adjacent to an activating group) is 1. The maximum absolute atomic E-state index is 12.3. The summed E-state index contributed by atoms with van der Waals surface area (Å²) >= 11 is 1.46. The topological polar surface area (TPSA) is 105 Å². The zero-order valence-electron chi connectivity index (χ0n) is 15.7. The van der Waals surface area contributed by atoms with Crippen molar-refractivity contribution in [3.05, 3.63) is 41.8 Å². The summed E-state index contributed by atoms with van der Waals surface area (Å²) in [5, 5.41) is 15.4. The van der Waals surface area contributed by atoms with E-state index in [9.17, 15) is 9.90 Å². The number of pyridine rings is 1. The molecule has 1 aliphatic heterocycles. The van der Waals surface area contributed by atoms with Crippen molar-refractivity contribution in [1.29, 1.82) is 0 Å². The molecule has 9 heteroatoms. The third-order valence-corrected chi connectivity index (χ3v) is 5.30. The largest absolute Gasteiger partial charge is 0.373 e. The van der Waals surface area contributed by atoms with Gasteiger partial charge in [-0.3, -0.25) is 4.79 Å². The van der Waals surface area contributed by atoms with Gasteiger partial charge < -0.3 is 14.5 Å². The van der Waals surface area contributed by atoms with Gasteiger partial charge in [-0.15, -0.1) is 0 Å². The molecular formula is C19H19N5O3S. The Bertz CT molecular complexity index is 1050. The molecule has 4 rings (SSSR count). The average molecular weight is 397 g/mol. The van der Waals surface area contributed by atoms with Gasteiger partial charge in [0.25, 0.3) is 5.91 Å². The van der Waals surface area contributed by atoms with Gasteiger partial charge in [0.1, 0.15) is 5.69 Å². The zero-order chi connectivity index (χ0) is 19.9. The van der Waals surface area contributed by atoms with Crippen molar-refractivity contribution >= 4 is 17.7 Å². The Morgan fingerprint density at radius 1 is 1.18 bits per heavy atom. The highest BCUT2D eigenvalue weighted by Gasteiger charge is 2.48. The number of hydrogen-bond donors (Lipinski definition) is 1. The van der Waals surface area contributed by atoms with E-state index in [0.29, 0.717) is 34.5 Å². The van der Waals surface area contributed by atoms with Crippen molar-refractivity contribution in [3.8, 4) is 22.8 Å². The molecule has 1 fully saturated rings. The number of thioether (sulfide) groups is 1. The van der Waals surface area contributed by atoms with Gasteiger partial charge in [0.2, 0.25) is 5.60 Å². The second kappa shape index (κ2) is 6.99. The van der Waals surface area contributed by atoms with Gasteiger partial charge in [0.05, 0.1) is 17.1 Å². The number of carbonyl (C=O) groups excluding carboxylic acids is 1. The van der Waals surface area contributed by atoms with Crippen LogP contribution in [0.4, 0.5) is 0 Å². The van der Waals surface area contributed by atoms with Crippen molar-refractivity contribution in [2.45, 2.75) is 24.1 Å². The molecule has 3 aromatic rings. The summed E-state index contributed by atoms with van der Waals surface area (Å²) in [7, 11) is 1.65. The Balaban J connectivity index is 1.72. The van der Waals surface area contributed by atoms with E-state index in [0.717, 1.165) is 5.56 Å². The molecule has 1 saturated heterocycles. The first-order valence-corrected chi connectivity index (χ1v) is 9.95. The summed E-state index contributed by atoms with van der Waals surface area (Å²) < 4.78 is 5.33. The van der Waals surface area contributed by atoms with Crippen LogP contribution in [0.15, 0.2) is 40.1 Å². The lowest BCUT2D eigenvalue weighted by Crippen LogP contribution is -2.35. The molecule has 28 heavy (non-hydrogen) atoms. The third-order valence-electron chi connectivity index (χ3n) is 4.74. The third kappa shape index (κ3) is 3.16. The molecule has 0 saturated carbocycles. The SMILES string of the molecule is CSc1nccc(-c2cc(C)cc(-c3cc(C4(O)CCN(C)C4=O)on3)n2)n1. The Labute approximate surface area is 166 Å². The van der Waals surface area contributed by atoms with Crippen LogP contribution in [0.3, 0.4) is 0 Å². The van der Waals surface area contributed by atoms with E-state index in [1.165, 1.54) is 16.7 Å². The van der Waals surface area contributed by atoms with Crippen LogP contribution in [0.2, 0.25) is 0 Å². The second-order valence-corrected chi connectivity index (χ2v) is 7.53. The molecule has 8 nitrogen and oxygen atoms in total. The molecule has 0 spiro atoms. The van der Waals surface area contributed by atoms with E-state index < -0.39 is 11.5 Å². The van der Waals surface area contributed by atoms with Crippen molar-refractivity contribution in [2.75, 3.05) is 19.8 Å². The molecule has 1 unspecified atom stereocenters. The highest BCUT2D eigenvalue weighted by Crippen LogP contribution is 2.34. The van der Waals surface area contributed by atoms with Gasteiger partial charge in [-0.2, -0.15) is 0 Å². The van der Waals surface area contributed by atoms with E-state index in [4.69, 9.17) is 4.52 Å². The lowest BCUT2D eigenvalue weighted by atomic mass is 9.98. The number of likely N-dealkylation sites (tertiary alicyclic amines) is 1. The Kier molecular flexibility index (Phi) is 4.64. The van der Waals surface area contributed by atoms with Gasteiger partial charge in [-0.25, -0.2) is 15.0 Å². The van der Waals surface area contributed by atoms with Crippen LogP contribution < -0.4 is 0 Å². The predicted octanol–water partition coefficient (Wildman–Crippen LogP) is 2.27. The molecule has 0 aliphatic carbocycles. The highest BCUT2D eigenvalue weighted by atomic mass is 32.2. The Hall–Kier alpha value is -2.78. The van der Waals surface area contributed by atoms with Crippen LogP contribution in [0.5, 0.6) is 0 Å². The van der Waals surface area contributed by atoms with E-state index in [1.807, 2.05) is 25.3 Å². The van der Waals surface area contributed by atoms with Crippen molar-refractivity contribution in [3.63, 3.8) is 0 Å². The number of aromatic nitrogens is 4. The van der Waals surface area contributed by atoms with Crippen molar-refractivity contribution < 1.29 is 14.4 Å². The highest BCUT2D eigenvalue weighted by molar-refractivity contribution is 7.98. The molecule has 1 aliphatic rings.